The van der Waals surface area contributed by atoms with Crippen LogP contribution in [0, 0.1) is 12.8 Å². The first-order valence-electron chi connectivity index (χ1n) is 13.1. The number of amides is 2. The van der Waals surface area contributed by atoms with Crippen LogP contribution in [0.4, 0.5) is 5.69 Å². The molecule has 3 aromatic carbocycles. The SMILES string of the molecule is Cc1ccc(NC(=O)c2ccc(COc3ccc4c(c3)[C@H](c3ccccc3)N(C(=O)C3CC3)CC4)o2)cc1. The molecule has 2 aliphatic rings. The fraction of sp³-hybridized carbons (Fsp3) is 0.250. The van der Waals surface area contributed by atoms with Crippen LogP contribution in [0.2, 0.25) is 0 Å². The Morgan fingerprint density at radius 2 is 1.76 bits per heavy atom. The van der Waals surface area contributed by atoms with Gasteiger partial charge in [-0.05, 0) is 79.3 Å². The Balaban J connectivity index is 1.18. The van der Waals surface area contributed by atoms with Crippen LogP contribution in [-0.4, -0.2) is 23.3 Å². The van der Waals surface area contributed by atoms with Gasteiger partial charge in [0.05, 0.1) is 6.04 Å². The lowest BCUT2D eigenvalue weighted by molar-refractivity contribution is -0.134. The molecular weight excluding hydrogens is 476 g/mol. The largest absolute Gasteiger partial charge is 0.486 e. The first kappa shape index (κ1) is 24.0. The van der Waals surface area contributed by atoms with Crippen molar-refractivity contribution in [1.29, 1.82) is 0 Å². The van der Waals surface area contributed by atoms with Gasteiger partial charge in [-0.2, -0.15) is 0 Å². The molecule has 6 heteroatoms. The fourth-order valence-electron chi connectivity index (χ4n) is 5.04. The first-order chi connectivity index (χ1) is 18.5. The van der Waals surface area contributed by atoms with Crippen LogP contribution < -0.4 is 10.1 Å². The molecule has 38 heavy (non-hydrogen) atoms. The molecule has 4 aromatic rings. The monoisotopic (exact) mass is 506 g/mol. The quantitative estimate of drug-likeness (QED) is 0.319. The Labute approximate surface area is 222 Å². The van der Waals surface area contributed by atoms with E-state index in [1.54, 1.807) is 12.1 Å². The van der Waals surface area contributed by atoms with Gasteiger partial charge < -0.3 is 19.4 Å². The molecule has 0 spiro atoms. The van der Waals surface area contributed by atoms with E-state index in [9.17, 15) is 9.59 Å². The number of benzene rings is 3. The summed E-state index contributed by atoms with van der Waals surface area (Å²) in [4.78, 5) is 27.8. The van der Waals surface area contributed by atoms with Crippen molar-refractivity contribution in [3.63, 3.8) is 0 Å². The lowest BCUT2D eigenvalue weighted by Crippen LogP contribution is -2.41. The number of ether oxygens (including phenoxy) is 1. The van der Waals surface area contributed by atoms with E-state index < -0.39 is 0 Å². The zero-order valence-electron chi connectivity index (χ0n) is 21.4. The molecule has 1 aliphatic carbocycles. The summed E-state index contributed by atoms with van der Waals surface area (Å²) in [6, 6.07) is 27.2. The summed E-state index contributed by atoms with van der Waals surface area (Å²) >= 11 is 0. The first-order valence-corrected chi connectivity index (χ1v) is 13.1. The van der Waals surface area contributed by atoms with Gasteiger partial charge in [0.2, 0.25) is 5.91 Å². The second-order valence-electron chi connectivity index (χ2n) is 10.1. The summed E-state index contributed by atoms with van der Waals surface area (Å²) in [5.41, 5.74) is 5.28. The van der Waals surface area contributed by atoms with Gasteiger partial charge in [-0.1, -0.05) is 54.1 Å². The number of rotatable bonds is 7. The van der Waals surface area contributed by atoms with Crippen molar-refractivity contribution >= 4 is 17.5 Å². The van der Waals surface area contributed by atoms with Crippen molar-refractivity contribution < 1.29 is 18.7 Å². The summed E-state index contributed by atoms with van der Waals surface area (Å²) in [5, 5.41) is 2.85. The minimum absolute atomic E-state index is 0.128. The average Bonchev–Trinajstić information content (AvgIpc) is 3.69. The lowest BCUT2D eigenvalue weighted by atomic mass is 9.87. The summed E-state index contributed by atoms with van der Waals surface area (Å²) in [7, 11) is 0. The molecule has 2 amide bonds. The minimum atomic E-state index is -0.306. The molecule has 1 N–H and O–H groups in total. The van der Waals surface area contributed by atoms with E-state index in [2.05, 4.69) is 23.5 Å². The third-order valence-corrected chi connectivity index (χ3v) is 7.25. The maximum Gasteiger partial charge on any atom is 0.291 e. The normalized spacial score (nSPS) is 16.6. The molecular formula is C32H30N2O4. The van der Waals surface area contributed by atoms with Crippen molar-refractivity contribution in [3.05, 3.63) is 119 Å². The van der Waals surface area contributed by atoms with Gasteiger partial charge in [0.15, 0.2) is 5.76 Å². The number of carbonyl (C=O) groups excluding carboxylic acids is 2. The van der Waals surface area contributed by atoms with E-state index in [1.807, 2.05) is 66.4 Å². The van der Waals surface area contributed by atoms with Gasteiger partial charge in [-0.3, -0.25) is 9.59 Å². The molecule has 1 aromatic heterocycles. The lowest BCUT2D eigenvalue weighted by Gasteiger charge is -2.38. The molecule has 1 fully saturated rings. The zero-order chi connectivity index (χ0) is 26.1. The van der Waals surface area contributed by atoms with E-state index >= 15 is 0 Å². The number of anilines is 1. The predicted octanol–water partition coefficient (Wildman–Crippen LogP) is 6.30. The second-order valence-corrected chi connectivity index (χ2v) is 10.1. The summed E-state index contributed by atoms with van der Waals surface area (Å²) < 4.78 is 11.9. The van der Waals surface area contributed by atoms with E-state index in [4.69, 9.17) is 9.15 Å². The van der Waals surface area contributed by atoms with Crippen molar-refractivity contribution in [2.24, 2.45) is 5.92 Å². The number of furan rings is 1. The Kier molecular flexibility index (Phi) is 6.46. The topological polar surface area (TPSA) is 71.8 Å². The van der Waals surface area contributed by atoms with Gasteiger partial charge >= 0.3 is 0 Å². The van der Waals surface area contributed by atoms with Crippen molar-refractivity contribution in [1.82, 2.24) is 4.90 Å². The molecule has 0 unspecified atom stereocenters. The third kappa shape index (κ3) is 5.07. The van der Waals surface area contributed by atoms with E-state index in [0.29, 0.717) is 17.2 Å². The van der Waals surface area contributed by atoms with Crippen LogP contribution in [0.1, 0.15) is 57.5 Å². The number of hydrogen-bond acceptors (Lipinski definition) is 4. The van der Waals surface area contributed by atoms with Crippen LogP contribution in [0.15, 0.2) is 89.3 Å². The van der Waals surface area contributed by atoms with Gasteiger partial charge in [-0.15, -0.1) is 0 Å². The van der Waals surface area contributed by atoms with Crippen LogP contribution in [0.3, 0.4) is 0 Å². The summed E-state index contributed by atoms with van der Waals surface area (Å²) in [5.74, 6) is 1.60. The van der Waals surface area contributed by atoms with Gasteiger partial charge in [0.1, 0.15) is 18.1 Å². The highest BCUT2D eigenvalue weighted by molar-refractivity contribution is 6.02. The molecule has 6 nitrogen and oxygen atoms in total. The number of hydrogen-bond donors (Lipinski definition) is 1. The zero-order valence-corrected chi connectivity index (χ0v) is 21.4. The highest BCUT2D eigenvalue weighted by atomic mass is 16.5. The molecule has 0 saturated heterocycles. The Morgan fingerprint density at radius 3 is 2.53 bits per heavy atom. The maximum atomic E-state index is 13.2. The van der Waals surface area contributed by atoms with Crippen LogP contribution in [0.5, 0.6) is 5.75 Å². The van der Waals surface area contributed by atoms with Crippen LogP contribution in [0.25, 0.3) is 0 Å². The highest BCUT2D eigenvalue weighted by Gasteiger charge is 2.39. The number of nitrogens with zero attached hydrogens (tertiary/aromatic N) is 1. The molecule has 2 heterocycles. The molecule has 0 radical (unpaired) electrons. The predicted molar refractivity (Wildman–Crippen MR) is 145 cm³/mol. The molecule has 6 rings (SSSR count). The smallest absolute Gasteiger partial charge is 0.291 e. The van der Waals surface area contributed by atoms with Crippen molar-refractivity contribution in [2.75, 3.05) is 11.9 Å². The maximum absolute atomic E-state index is 13.2. The molecule has 1 saturated carbocycles. The van der Waals surface area contributed by atoms with E-state index in [-0.39, 0.29) is 36.1 Å². The highest BCUT2D eigenvalue weighted by Crippen LogP contribution is 2.41. The van der Waals surface area contributed by atoms with Gasteiger partial charge in [-0.25, -0.2) is 0 Å². The van der Waals surface area contributed by atoms with E-state index in [0.717, 1.165) is 42.5 Å². The van der Waals surface area contributed by atoms with Crippen LogP contribution >= 0.6 is 0 Å². The Morgan fingerprint density at radius 1 is 0.974 bits per heavy atom. The molecule has 192 valence electrons. The standard InChI is InChI=1S/C32H30N2O4/c1-21-7-12-25(13-8-21)33-31(35)29-16-15-27(38-29)20-37-26-14-11-22-17-18-34(32(36)24-9-10-24)30(28(22)19-26)23-5-3-2-4-6-23/h2-8,11-16,19,24,30H,9-10,17-18,20H2,1H3,(H,33,35)/t30-/m0/s1. The molecule has 1 atom stereocenters. The summed E-state index contributed by atoms with van der Waals surface area (Å²) in [6.45, 7) is 2.91. The van der Waals surface area contributed by atoms with Gasteiger partial charge in [0, 0.05) is 18.2 Å². The number of aryl methyl sites for hydroxylation is 1. The van der Waals surface area contributed by atoms with Crippen LogP contribution in [-0.2, 0) is 17.8 Å². The van der Waals surface area contributed by atoms with Crippen molar-refractivity contribution in [3.8, 4) is 5.75 Å². The molecule has 0 bridgehead atoms. The Hall–Kier alpha value is -4.32. The minimum Gasteiger partial charge on any atom is -0.486 e. The van der Waals surface area contributed by atoms with Gasteiger partial charge in [0.25, 0.3) is 5.91 Å². The molecule has 1 aliphatic heterocycles. The summed E-state index contributed by atoms with van der Waals surface area (Å²) in [6.07, 6.45) is 2.80. The number of carbonyl (C=O) groups is 2. The Bertz CT molecular complexity index is 1450. The third-order valence-electron chi connectivity index (χ3n) is 7.25. The van der Waals surface area contributed by atoms with E-state index in [1.165, 1.54) is 5.56 Å². The second kappa shape index (κ2) is 10.2. The van der Waals surface area contributed by atoms with Crippen molar-refractivity contribution in [2.45, 2.75) is 38.8 Å². The number of fused-ring (bicyclic) bond motifs is 1. The fourth-order valence-corrected chi connectivity index (χ4v) is 5.04. The average molecular weight is 507 g/mol. The number of nitrogens with one attached hydrogen (secondary N) is 1.